The molecule has 3 aromatic rings. The molecule has 0 fully saturated rings. The van der Waals surface area contributed by atoms with Gasteiger partial charge in [0.15, 0.2) is 5.16 Å². The molecule has 4 rings (SSSR count). The molecule has 2 aromatic carbocycles. The van der Waals surface area contributed by atoms with Crippen LogP contribution in [0.3, 0.4) is 0 Å². The molecule has 0 spiro atoms. The molecular weight excluding hydrogens is 444 g/mol. The van der Waals surface area contributed by atoms with Crippen molar-refractivity contribution in [1.29, 1.82) is 0 Å². The third-order valence-corrected chi connectivity index (χ3v) is 7.15. The molecule has 0 atom stereocenters. The maximum absolute atomic E-state index is 12.8. The summed E-state index contributed by atoms with van der Waals surface area (Å²) in [6.07, 6.45) is 2.68. The predicted molar refractivity (Wildman–Crippen MR) is 127 cm³/mol. The van der Waals surface area contributed by atoms with E-state index < -0.39 is 10.0 Å². The number of nitrogens with one attached hydrogen (secondary N) is 1. The monoisotopic (exact) mass is 468 g/mol. The van der Waals surface area contributed by atoms with E-state index in [1.165, 1.54) is 22.3 Å². The minimum absolute atomic E-state index is 0.234. The first-order chi connectivity index (χ1) is 15.2. The first-order valence-corrected chi connectivity index (χ1v) is 12.9. The van der Waals surface area contributed by atoms with Gasteiger partial charge in [0.2, 0.25) is 10.0 Å². The van der Waals surface area contributed by atoms with Crippen LogP contribution in [0, 0.1) is 13.8 Å². The summed E-state index contributed by atoms with van der Waals surface area (Å²) >= 11 is 1.47. The predicted octanol–water partition coefficient (Wildman–Crippen LogP) is 4.21. The smallest absolute Gasteiger partial charge is 0.255 e. The lowest BCUT2D eigenvalue weighted by atomic mass is 10.0. The van der Waals surface area contributed by atoms with Crippen molar-refractivity contribution in [2.24, 2.45) is 0 Å². The molecule has 1 aromatic heterocycles. The average molecular weight is 469 g/mol. The molecule has 166 valence electrons. The quantitative estimate of drug-likeness (QED) is 0.564. The molecule has 1 amide bonds. The molecule has 0 aliphatic carbocycles. The van der Waals surface area contributed by atoms with Gasteiger partial charge in [0.05, 0.1) is 11.9 Å². The third-order valence-electron chi connectivity index (χ3n) is 5.10. The number of benzene rings is 2. The van der Waals surface area contributed by atoms with Crippen LogP contribution in [0.15, 0.2) is 58.6 Å². The van der Waals surface area contributed by atoms with Gasteiger partial charge in [0, 0.05) is 34.1 Å². The van der Waals surface area contributed by atoms with E-state index >= 15 is 0 Å². The Bertz CT molecular complexity index is 1250. The minimum atomic E-state index is -3.33. The van der Waals surface area contributed by atoms with E-state index in [2.05, 4.69) is 15.3 Å². The van der Waals surface area contributed by atoms with Crippen molar-refractivity contribution >= 4 is 39.1 Å². The summed E-state index contributed by atoms with van der Waals surface area (Å²) < 4.78 is 25.5. The van der Waals surface area contributed by atoms with Crippen LogP contribution in [0.2, 0.25) is 0 Å². The highest BCUT2D eigenvalue weighted by molar-refractivity contribution is 7.99. The Morgan fingerprint density at radius 1 is 1.03 bits per heavy atom. The number of rotatable bonds is 5. The van der Waals surface area contributed by atoms with Crippen LogP contribution in [0.4, 0.5) is 11.4 Å². The highest BCUT2D eigenvalue weighted by Crippen LogP contribution is 2.30. The highest BCUT2D eigenvalue weighted by atomic mass is 32.2. The van der Waals surface area contributed by atoms with Crippen molar-refractivity contribution in [3.05, 3.63) is 71.0 Å². The molecule has 0 bridgehead atoms. The second-order valence-corrected chi connectivity index (χ2v) is 10.7. The average Bonchev–Trinajstić information content (AvgIpc) is 2.73. The van der Waals surface area contributed by atoms with Crippen LogP contribution in [0.1, 0.15) is 33.7 Å². The number of sulfonamides is 1. The number of carbonyl (C=O) groups excluding carboxylic acids is 1. The number of aromatic nitrogens is 2. The summed E-state index contributed by atoms with van der Waals surface area (Å²) in [4.78, 5) is 22.6. The van der Waals surface area contributed by atoms with Gasteiger partial charge < -0.3 is 5.32 Å². The second kappa shape index (κ2) is 8.91. The molecule has 0 unspecified atom stereocenters. The third kappa shape index (κ3) is 5.11. The molecule has 0 radical (unpaired) electrons. The van der Waals surface area contributed by atoms with Gasteiger partial charge in [-0.1, -0.05) is 0 Å². The summed E-state index contributed by atoms with van der Waals surface area (Å²) in [7, 11) is -3.33. The molecule has 7 nitrogen and oxygen atoms in total. The van der Waals surface area contributed by atoms with Crippen LogP contribution in [0.5, 0.6) is 0 Å². The van der Waals surface area contributed by atoms with Crippen molar-refractivity contribution in [3.63, 3.8) is 0 Å². The number of carbonyl (C=O) groups is 1. The first kappa shape index (κ1) is 22.3. The van der Waals surface area contributed by atoms with Crippen LogP contribution < -0.4 is 9.62 Å². The van der Waals surface area contributed by atoms with Gasteiger partial charge in [0.1, 0.15) is 0 Å². The van der Waals surface area contributed by atoms with Crippen LogP contribution in [-0.4, -0.2) is 37.1 Å². The largest absolute Gasteiger partial charge is 0.322 e. The van der Waals surface area contributed by atoms with Crippen LogP contribution in [0.25, 0.3) is 0 Å². The molecule has 1 aliphatic heterocycles. The molecule has 1 aliphatic rings. The van der Waals surface area contributed by atoms with Gasteiger partial charge in [-0.3, -0.25) is 9.10 Å². The molecule has 1 N–H and O–H groups in total. The topological polar surface area (TPSA) is 92.3 Å². The van der Waals surface area contributed by atoms with Crippen molar-refractivity contribution in [2.45, 2.75) is 36.7 Å². The Labute approximate surface area is 192 Å². The van der Waals surface area contributed by atoms with Crippen molar-refractivity contribution in [1.82, 2.24) is 9.97 Å². The van der Waals surface area contributed by atoms with E-state index in [4.69, 9.17) is 0 Å². The van der Waals surface area contributed by atoms with Crippen LogP contribution in [-0.2, 0) is 16.4 Å². The number of anilines is 2. The lowest BCUT2D eigenvalue weighted by molar-refractivity contribution is 0.102. The maximum Gasteiger partial charge on any atom is 0.255 e. The van der Waals surface area contributed by atoms with E-state index in [1.54, 1.807) is 18.2 Å². The molecule has 2 heterocycles. The lowest BCUT2D eigenvalue weighted by Gasteiger charge is -2.29. The van der Waals surface area contributed by atoms with E-state index in [0.717, 1.165) is 34.7 Å². The molecule has 9 heteroatoms. The van der Waals surface area contributed by atoms with Crippen LogP contribution >= 0.6 is 11.8 Å². The van der Waals surface area contributed by atoms with Gasteiger partial charge >= 0.3 is 0 Å². The van der Waals surface area contributed by atoms with Gasteiger partial charge in [-0.25, -0.2) is 18.4 Å². The van der Waals surface area contributed by atoms with Gasteiger partial charge in [0.25, 0.3) is 5.91 Å². The number of fused-ring (bicyclic) bond motifs is 1. The standard InChI is InChI=1S/C23H24N4O3S2/c1-15-13-16(2)25-23(24-15)31-20-9-7-19(8-10-20)26-22(28)18-6-11-21-17(14-18)5-4-12-27(21)32(3,29)30/h6-11,13-14H,4-5,12H2,1-3H3,(H,26,28). The number of aryl methyl sites for hydroxylation is 3. The number of hydrogen-bond donors (Lipinski definition) is 1. The van der Waals surface area contributed by atoms with E-state index in [0.29, 0.717) is 28.6 Å². The molecule has 32 heavy (non-hydrogen) atoms. The Kier molecular flexibility index (Phi) is 6.21. The summed E-state index contributed by atoms with van der Waals surface area (Å²) in [5.41, 5.74) is 4.55. The Balaban J connectivity index is 1.46. The number of hydrogen-bond acceptors (Lipinski definition) is 6. The summed E-state index contributed by atoms with van der Waals surface area (Å²) in [6.45, 7) is 4.35. The fourth-order valence-corrected chi connectivity index (χ4v) is 5.56. The molecular formula is C23H24N4O3S2. The Hall–Kier alpha value is -2.91. The van der Waals surface area contributed by atoms with Crippen molar-refractivity contribution in [2.75, 3.05) is 22.4 Å². The zero-order chi connectivity index (χ0) is 22.9. The van der Waals surface area contributed by atoms with Crippen molar-refractivity contribution in [3.8, 4) is 0 Å². The normalized spacial score (nSPS) is 13.5. The van der Waals surface area contributed by atoms with Gasteiger partial charge in [-0.2, -0.15) is 0 Å². The second-order valence-electron chi connectivity index (χ2n) is 7.80. The fourth-order valence-electron chi connectivity index (χ4n) is 3.70. The van der Waals surface area contributed by atoms with E-state index in [1.807, 2.05) is 44.2 Å². The van der Waals surface area contributed by atoms with Gasteiger partial charge in [-0.15, -0.1) is 0 Å². The Morgan fingerprint density at radius 2 is 1.72 bits per heavy atom. The summed E-state index contributed by atoms with van der Waals surface area (Å²) in [6, 6.07) is 14.6. The summed E-state index contributed by atoms with van der Waals surface area (Å²) in [5.74, 6) is -0.234. The zero-order valence-corrected chi connectivity index (χ0v) is 19.8. The fraction of sp³-hybridized carbons (Fsp3) is 0.261. The zero-order valence-electron chi connectivity index (χ0n) is 18.1. The SMILES string of the molecule is Cc1cc(C)nc(Sc2ccc(NC(=O)c3ccc4c(c3)CCCN4S(C)(=O)=O)cc2)n1. The Morgan fingerprint density at radius 3 is 2.38 bits per heavy atom. The molecule has 0 saturated heterocycles. The first-order valence-electron chi connectivity index (χ1n) is 10.2. The number of nitrogens with zero attached hydrogens (tertiary/aromatic N) is 3. The van der Waals surface area contributed by atoms with E-state index in [-0.39, 0.29) is 5.91 Å². The maximum atomic E-state index is 12.8. The number of amides is 1. The highest BCUT2D eigenvalue weighted by Gasteiger charge is 2.24. The van der Waals surface area contributed by atoms with E-state index in [9.17, 15) is 13.2 Å². The van der Waals surface area contributed by atoms with Crippen molar-refractivity contribution < 1.29 is 13.2 Å². The summed E-state index contributed by atoms with van der Waals surface area (Å²) in [5, 5.41) is 3.60. The lowest BCUT2D eigenvalue weighted by Crippen LogP contribution is -2.34. The van der Waals surface area contributed by atoms with Gasteiger partial charge in [-0.05, 0) is 92.5 Å². The molecule has 0 saturated carbocycles. The minimum Gasteiger partial charge on any atom is -0.322 e.